The summed E-state index contributed by atoms with van der Waals surface area (Å²) in [6, 6.07) is -0.987. The van der Waals surface area contributed by atoms with Crippen LogP contribution in [0.25, 0.3) is 0 Å². The van der Waals surface area contributed by atoms with Crippen LogP contribution in [0.1, 0.15) is 16.3 Å². The molecule has 17 heteroatoms. The average molecular weight is 568 g/mol. The van der Waals surface area contributed by atoms with Crippen LogP contribution in [0.5, 0.6) is 0 Å². The van der Waals surface area contributed by atoms with Crippen molar-refractivity contribution in [3.8, 4) is 0 Å². The van der Waals surface area contributed by atoms with Gasteiger partial charge in [-0.15, -0.1) is 23.1 Å². The minimum atomic E-state index is -1.50. The molecule has 2 aliphatic rings. The predicted octanol–water partition coefficient (Wildman–Crippen LogP) is -1.57. The number of fused-ring (bicyclic) bond motifs is 1. The van der Waals surface area contributed by atoms with Gasteiger partial charge in [-0.25, -0.2) is 9.78 Å². The number of carboxylic acid groups (broad SMARTS) is 1. The molecule has 1 fully saturated rings. The third kappa shape index (κ3) is 5.23. The molecule has 2 aromatic rings. The van der Waals surface area contributed by atoms with Crippen molar-refractivity contribution in [2.24, 2.45) is 10.9 Å². The third-order valence-electron chi connectivity index (χ3n) is 5.55. The molecule has 0 aliphatic carbocycles. The van der Waals surface area contributed by atoms with Gasteiger partial charge in [0.15, 0.2) is 23.1 Å². The van der Waals surface area contributed by atoms with Crippen molar-refractivity contribution in [3.63, 3.8) is 0 Å². The van der Waals surface area contributed by atoms with Crippen LogP contribution in [0.3, 0.4) is 0 Å². The number of nitrogen functional groups attached to an aromatic ring is 1. The van der Waals surface area contributed by atoms with Crippen molar-refractivity contribution in [2.45, 2.75) is 31.5 Å². The van der Waals surface area contributed by atoms with E-state index in [0.717, 1.165) is 26.8 Å². The van der Waals surface area contributed by atoms with E-state index in [1.165, 1.54) is 35.6 Å². The van der Waals surface area contributed by atoms with Gasteiger partial charge in [0, 0.05) is 23.6 Å². The van der Waals surface area contributed by atoms with E-state index in [4.69, 9.17) is 21.0 Å². The maximum Gasteiger partial charge on any atom is 0.404 e. The van der Waals surface area contributed by atoms with E-state index < -0.39 is 35.3 Å². The molecule has 4 rings (SSSR count). The van der Waals surface area contributed by atoms with Crippen molar-refractivity contribution >= 4 is 69.2 Å². The van der Waals surface area contributed by atoms with E-state index in [-0.39, 0.29) is 41.1 Å². The number of nitrogens with one attached hydrogen (secondary N) is 1. The summed E-state index contributed by atoms with van der Waals surface area (Å²) in [5.41, 5.74) is 13.4. The van der Waals surface area contributed by atoms with Gasteiger partial charge < -0.3 is 36.3 Å². The Kier molecular flexibility index (Phi) is 7.65. The maximum absolute atomic E-state index is 13.0. The molecule has 37 heavy (non-hydrogen) atoms. The highest BCUT2D eigenvalue weighted by atomic mass is 32.2. The lowest BCUT2D eigenvalue weighted by atomic mass is 10.0. The number of oxime groups is 1. The number of rotatable bonds is 9. The summed E-state index contributed by atoms with van der Waals surface area (Å²) in [5.74, 6) is -2.53. The summed E-state index contributed by atoms with van der Waals surface area (Å²) < 4.78 is 6.62. The minimum Gasteiger partial charge on any atom is -0.543 e. The first-order chi connectivity index (χ1) is 17.6. The fourth-order valence-electron chi connectivity index (χ4n) is 3.78. The topological polar surface area (TPSA) is 206 Å². The van der Waals surface area contributed by atoms with Crippen molar-refractivity contribution in [1.29, 1.82) is 0 Å². The van der Waals surface area contributed by atoms with Crippen LogP contribution in [-0.2, 0) is 37.1 Å². The Morgan fingerprint density at radius 2 is 2.14 bits per heavy atom. The van der Waals surface area contributed by atoms with Crippen LogP contribution in [0, 0.1) is 6.92 Å². The van der Waals surface area contributed by atoms with Gasteiger partial charge in [-0.3, -0.25) is 14.5 Å². The van der Waals surface area contributed by atoms with Gasteiger partial charge >= 0.3 is 6.09 Å². The molecule has 5 N–H and O–H groups in total. The molecule has 1 saturated heterocycles. The Labute approximate surface area is 221 Å². The van der Waals surface area contributed by atoms with Crippen LogP contribution in [0.4, 0.5) is 9.93 Å². The minimum absolute atomic E-state index is 0.00407. The monoisotopic (exact) mass is 567 g/mol. The number of nitrogens with two attached hydrogens (primary N) is 2. The third-order valence-corrected chi connectivity index (χ3v) is 8.62. The molecule has 0 unspecified atom stereocenters. The number of carboxylic acids is 1. The van der Waals surface area contributed by atoms with E-state index in [9.17, 15) is 24.3 Å². The average Bonchev–Trinajstić information content (AvgIpc) is 3.44. The maximum atomic E-state index is 13.0. The van der Waals surface area contributed by atoms with E-state index >= 15 is 0 Å². The molecule has 2 atom stereocenters. The molecular weight excluding hydrogens is 546 g/mol. The van der Waals surface area contributed by atoms with Gasteiger partial charge in [-0.1, -0.05) is 16.5 Å². The number of nitrogens with zero attached hydrogens (tertiary/aromatic N) is 4. The number of thiazole rings is 2. The normalized spacial score (nSPS) is 19.2. The molecule has 4 heterocycles. The zero-order valence-electron chi connectivity index (χ0n) is 19.5. The van der Waals surface area contributed by atoms with Crippen molar-refractivity contribution < 1.29 is 38.4 Å². The highest BCUT2D eigenvalue weighted by Gasteiger charge is 2.53. The van der Waals surface area contributed by atoms with E-state index in [1.54, 1.807) is 17.0 Å². The largest absolute Gasteiger partial charge is 0.543 e. The van der Waals surface area contributed by atoms with E-state index in [2.05, 4.69) is 15.5 Å². The predicted molar refractivity (Wildman–Crippen MR) is 131 cm³/mol. The number of aliphatic carboxylic acids is 1. The van der Waals surface area contributed by atoms with Crippen LogP contribution in [0.2, 0.25) is 0 Å². The summed E-state index contributed by atoms with van der Waals surface area (Å²) in [4.78, 5) is 59.4. The molecule has 2 aromatic heterocycles. The molecule has 0 aromatic carbocycles. The van der Waals surface area contributed by atoms with E-state index in [1.807, 2.05) is 0 Å². The summed E-state index contributed by atoms with van der Waals surface area (Å²) in [6.45, 7) is 1.97. The number of hydrogen-bond acceptors (Lipinski definition) is 13. The lowest BCUT2D eigenvalue weighted by molar-refractivity contribution is -0.690. The fraction of sp³-hybridized carbons (Fsp3) is 0.350. The number of thioether (sulfide) groups is 1. The number of carbonyl (C=O) groups excluding carboxylic acids is 4. The Morgan fingerprint density at radius 1 is 1.38 bits per heavy atom. The first kappa shape index (κ1) is 26.4. The van der Waals surface area contributed by atoms with E-state index in [0.29, 0.717) is 5.57 Å². The van der Waals surface area contributed by atoms with Gasteiger partial charge in [-0.2, -0.15) is 4.57 Å². The molecule has 0 bridgehead atoms. The van der Waals surface area contributed by atoms with Crippen molar-refractivity contribution in [3.05, 3.63) is 38.4 Å². The second-order valence-corrected chi connectivity index (χ2v) is 10.7. The zero-order chi connectivity index (χ0) is 26.9. The lowest BCUT2D eigenvalue weighted by Crippen LogP contribution is -2.71. The molecule has 196 valence electrons. The number of primary amides is 1. The number of ether oxygens (including phenoxy) is 1. The van der Waals surface area contributed by atoms with Crippen LogP contribution >= 0.6 is 34.4 Å². The molecule has 0 radical (unpaired) electrons. The number of aromatic nitrogens is 2. The summed E-state index contributed by atoms with van der Waals surface area (Å²) in [5, 5.41) is 19.5. The summed E-state index contributed by atoms with van der Waals surface area (Å²) in [7, 11) is 1.26. The molecular formula is C20H21N7O7S3. The van der Waals surface area contributed by atoms with Gasteiger partial charge in [0.05, 0.1) is 11.7 Å². The van der Waals surface area contributed by atoms with Gasteiger partial charge in [0.25, 0.3) is 11.8 Å². The van der Waals surface area contributed by atoms with Crippen LogP contribution < -0.4 is 26.5 Å². The van der Waals surface area contributed by atoms with Gasteiger partial charge in [0.1, 0.15) is 35.7 Å². The first-order valence-electron chi connectivity index (χ1n) is 10.5. The fourth-order valence-corrected chi connectivity index (χ4v) is 6.57. The number of anilines is 1. The second kappa shape index (κ2) is 10.7. The Hall–Kier alpha value is -3.70. The Bertz CT molecular complexity index is 1340. The smallest absolute Gasteiger partial charge is 0.404 e. The molecule has 0 spiro atoms. The van der Waals surface area contributed by atoms with Crippen molar-refractivity contribution in [2.75, 3.05) is 18.6 Å². The molecule has 14 nitrogen and oxygen atoms in total. The van der Waals surface area contributed by atoms with Crippen LogP contribution in [-0.4, -0.2) is 63.8 Å². The summed E-state index contributed by atoms with van der Waals surface area (Å²) in [6.07, 6.45) is -0.898. The number of carbonyl (C=O) groups is 4. The molecule has 2 aliphatic heterocycles. The second-order valence-electron chi connectivity index (χ2n) is 7.76. The Morgan fingerprint density at radius 3 is 2.76 bits per heavy atom. The molecule has 3 amide bonds. The zero-order valence-corrected chi connectivity index (χ0v) is 21.9. The number of β-lactam (4-membered cyclic amide) rings is 1. The molecule has 0 saturated carbocycles. The number of hydrogen-bond donors (Lipinski definition) is 3. The standard InChI is InChI=1S/C20H21N7O7S3/c1-8-11(4-34-20(22)32)37-7-26(8)3-9-5-35-17-13(16(29)27(17)14(9)18(30)31)24-15(28)12(25-33-2)10-6-36-19(21)23-10/h6-7,13,17H,3-5H2,1-2H3,(H5-,21,22,23,24,28,30,31,32)/b25-12-/t13-,17-/m1/s1. The first-order valence-corrected chi connectivity index (χ1v) is 13.3. The lowest BCUT2D eigenvalue weighted by Gasteiger charge is -2.50. The van der Waals surface area contributed by atoms with Crippen LogP contribution in [0.15, 0.2) is 27.3 Å². The highest BCUT2D eigenvalue weighted by Crippen LogP contribution is 2.40. The quantitative estimate of drug-likeness (QED) is 0.137. The van der Waals surface area contributed by atoms with Gasteiger partial charge in [0.2, 0.25) is 5.51 Å². The highest BCUT2D eigenvalue weighted by molar-refractivity contribution is 8.00. The van der Waals surface area contributed by atoms with Crippen molar-refractivity contribution in [1.82, 2.24) is 15.2 Å². The Balaban J connectivity index is 1.51. The SMILES string of the molecule is CO/N=C(\C(=O)N[C@@H]1C(=O)N2C(C(=O)[O-])=C(C[n+]3csc(COC(N)=O)c3C)CS[C@H]12)c1csc(N)n1. The summed E-state index contributed by atoms with van der Waals surface area (Å²) >= 11 is 3.74. The number of amides is 3. The van der Waals surface area contributed by atoms with Gasteiger partial charge in [-0.05, 0) is 0 Å².